The maximum Gasteiger partial charge on any atom is 0.307 e. The first-order valence-electron chi connectivity index (χ1n) is 6.14. The predicted molar refractivity (Wildman–Crippen MR) is 74.1 cm³/mol. The Labute approximate surface area is 113 Å². The van der Waals surface area contributed by atoms with E-state index in [1.165, 1.54) is 0 Å². The van der Waals surface area contributed by atoms with Crippen LogP contribution in [0.4, 0.5) is 5.69 Å². The van der Waals surface area contributed by atoms with Crippen molar-refractivity contribution in [1.29, 1.82) is 0 Å². The van der Waals surface area contributed by atoms with Crippen molar-refractivity contribution >= 4 is 17.6 Å². The van der Waals surface area contributed by atoms with Crippen LogP contribution >= 0.6 is 0 Å². The fourth-order valence-corrected chi connectivity index (χ4v) is 1.74. The molecule has 0 saturated heterocycles. The molecule has 1 N–H and O–H groups in total. The van der Waals surface area contributed by atoms with Crippen molar-refractivity contribution in [2.45, 2.75) is 6.92 Å². The summed E-state index contributed by atoms with van der Waals surface area (Å²) >= 11 is 0. The van der Waals surface area contributed by atoms with Gasteiger partial charge in [0.1, 0.15) is 0 Å². The third-order valence-corrected chi connectivity index (χ3v) is 2.93. The Morgan fingerprint density at radius 3 is 2.32 bits per heavy atom. The molecule has 0 fully saturated rings. The zero-order valence-electron chi connectivity index (χ0n) is 11.5. The van der Waals surface area contributed by atoms with E-state index in [1.807, 2.05) is 30.3 Å². The highest BCUT2D eigenvalue weighted by molar-refractivity contribution is 5.94. The van der Waals surface area contributed by atoms with Gasteiger partial charge in [0.2, 0.25) is 5.91 Å². The molecule has 0 heterocycles. The zero-order chi connectivity index (χ0) is 14.4. The number of carboxylic acids is 1. The number of anilines is 1. The number of carbonyl (C=O) groups is 2. The second-order valence-corrected chi connectivity index (χ2v) is 4.72. The van der Waals surface area contributed by atoms with Gasteiger partial charge in [-0.05, 0) is 19.2 Å². The number of hydrogen-bond donors (Lipinski definition) is 1. The molecule has 0 bridgehead atoms. The molecule has 1 rings (SSSR count). The van der Waals surface area contributed by atoms with Gasteiger partial charge in [0, 0.05) is 19.3 Å². The van der Waals surface area contributed by atoms with Crippen molar-refractivity contribution in [3.05, 3.63) is 30.3 Å². The summed E-state index contributed by atoms with van der Waals surface area (Å²) in [7, 11) is 3.46. The van der Waals surface area contributed by atoms with Crippen LogP contribution in [-0.4, -0.2) is 49.1 Å². The fourth-order valence-electron chi connectivity index (χ4n) is 1.74. The van der Waals surface area contributed by atoms with Crippen LogP contribution in [0.25, 0.3) is 0 Å². The van der Waals surface area contributed by atoms with Gasteiger partial charge in [-0.15, -0.1) is 0 Å². The van der Waals surface area contributed by atoms with Gasteiger partial charge < -0.3 is 10.0 Å². The number of nitrogens with zero attached hydrogens (tertiary/aromatic N) is 2. The lowest BCUT2D eigenvalue weighted by molar-refractivity contribution is -0.142. The van der Waals surface area contributed by atoms with E-state index >= 15 is 0 Å². The van der Waals surface area contributed by atoms with E-state index in [-0.39, 0.29) is 12.5 Å². The van der Waals surface area contributed by atoms with Gasteiger partial charge in [-0.2, -0.15) is 0 Å². The number of aliphatic carboxylic acids is 1. The highest BCUT2D eigenvalue weighted by Crippen LogP contribution is 2.11. The molecule has 0 spiro atoms. The van der Waals surface area contributed by atoms with Crippen molar-refractivity contribution in [2.75, 3.05) is 32.1 Å². The van der Waals surface area contributed by atoms with Gasteiger partial charge in [0.15, 0.2) is 0 Å². The van der Waals surface area contributed by atoms with Gasteiger partial charge in [-0.25, -0.2) is 0 Å². The molecule has 0 aromatic heterocycles. The van der Waals surface area contributed by atoms with Crippen molar-refractivity contribution in [3.8, 4) is 0 Å². The van der Waals surface area contributed by atoms with Crippen molar-refractivity contribution in [3.63, 3.8) is 0 Å². The minimum atomic E-state index is -0.851. The molecule has 1 atom stereocenters. The number of para-hydroxylation sites is 1. The minimum Gasteiger partial charge on any atom is -0.481 e. The molecule has 1 amide bonds. The standard InChI is InChI=1S/C14H20N2O3/c1-11(14(18)19)9-15(2)10-13(17)16(3)12-7-5-4-6-8-12/h4-8,11H,9-10H2,1-3H3,(H,18,19). The monoisotopic (exact) mass is 264 g/mol. The number of amides is 1. The Morgan fingerprint density at radius 1 is 1.21 bits per heavy atom. The maximum absolute atomic E-state index is 12.0. The number of benzene rings is 1. The average Bonchev–Trinajstić information content (AvgIpc) is 2.38. The van der Waals surface area contributed by atoms with E-state index in [0.29, 0.717) is 6.54 Å². The number of carboxylic acid groups (broad SMARTS) is 1. The predicted octanol–water partition coefficient (Wildman–Crippen LogP) is 1.30. The molecule has 1 aromatic carbocycles. The SMILES string of the molecule is CC(CN(C)CC(=O)N(C)c1ccccc1)C(=O)O. The van der Waals surface area contributed by atoms with Crippen LogP contribution in [0, 0.1) is 5.92 Å². The molecule has 104 valence electrons. The molecule has 0 saturated carbocycles. The summed E-state index contributed by atoms with van der Waals surface area (Å²) in [5.41, 5.74) is 0.826. The second kappa shape index (κ2) is 6.89. The fraction of sp³-hybridized carbons (Fsp3) is 0.429. The van der Waals surface area contributed by atoms with Crippen LogP contribution in [-0.2, 0) is 9.59 Å². The smallest absolute Gasteiger partial charge is 0.307 e. The van der Waals surface area contributed by atoms with Crippen molar-refractivity contribution < 1.29 is 14.7 Å². The van der Waals surface area contributed by atoms with E-state index in [0.717, 1.165) is 5.69 Å². The van der Waals surface area contributed by atoms with Gasteiger partial charge >= 0.3 is 5.97 Å². The van der Waals surface area contributed by atoms with Crippen LogP contribution in [0.2, 0.25) is 0 Å². The molecular weight excluding hydrogens is 244 g/mol. The average molecular weight is 264 g/mol. The van der Waals surface area contributed by atoms with Crippen molar-refractivity contribution in [1.82, 2.24) is 4.90 Å². The Morgan fingerprint density at radius 2 is 1.79 bits per heavy atom. The first-order valence-corrected chi connectivity index (χ1v) is 6.14. The lowest BCUT2D eigenvalue weighted by atomic mass is 10.2. The van der Waals surface area contributed by atoms with Crippen LogP contribution in [0.3, 0.4) is 0 Å². The molecule has 1 aromatic rings. The quantitative estimate of drug-likeness (QED) is 0.841. The summed E-state index contributed by atoms with van der Waals surface area (Å²) in [5.74, 6) is -1.40. The van der Waals surface area contributed by atoms with Gasteiger partial charge in [0.25, 0.3) is 0 Å². The van der Waals surface area contributed by atoms with Crippen molar-refractivity contribution in [2.24, 2.45) is 5.92 Å². The number of rotatable bonds is 6. The Hall–Kier alpha value is -1.88. The molecular formula is C14H20N2O3. The Kier molecular flexibility index (Phi) is 5.51. The third kappa shape index (κ3) is 4.71. The highest BCUT2D eigenvalue weighted by Gasteiger charge is 2.17. The lowest BCUT2D eigenvalue weighted by Gasteiger charge is -2.23. The third-order valence-electron chi connectivity index (χ3n) is 2.93. The van der Waals surface area contributed by atoms with E-state index in [2.05, 4.69) is 0 Å². The van der Waals surface area contributed by atoms with Crippen LogP contribution < -0.4 is 4.90 Å². The number of carbonyl (C=O) groups excluding carboxylic acids is 1. The van der Waals surface area contributed by atoms with Gasteiger partial charge in [-0.3, -0.25) is 14.5 Å². The molecule has 0 aliphatic carbocycles. The molecule has 0 radical (unpaired) electrons. The largest absolute Gasteiger partial charge is 0.481 e. The molecule has 0 aliphatic rings. The number of likely N-dealkylation sites (N-methyl/N-ethyl adjacent to an activating group) is 2. The van der Waals surface area contributed by atoms with E-state index in [1.54, 1.807) is 30.8 Å². The second-order valence-electron chi connectivity index (χ2n) is 4.72. The number of hydrogen-bond acceptors (Lipinski definition) is 3. The minimum absolute atomic E-state index is 0.0636. The van der Waals surface area contributed by atoms with E-state index < -0.39 is 11.9 Å². The Bertz CT molecular complexity index is 434. The summed E-state index contributed by atoms with van der Waals surface area (Å²) in [4.78, 5) is 26.1. The summed E-state index contributed by atoms with van der Waals surface area (Å²) in [6, 6.07) is 9.35. The molecule has 0 aliphatic heterocycles. The normalized spacial score (nSPS) is 12.2. The topological polar surface area (TPSA) is 60.9 Å². The lowest BCUT2D eigenvalue weighted by Crippen LogP contribution is -2.39. The summed E-state index contributed by atoms with van der Waals surface area (Å²) in [6.45, 7) is 2.18. The van der Waals surface area contributed by atoms with E-state index in [9.17, 15) is 9.59 Å². The van der Waals surface area contributed by atoms with E-state index in [4.69, 9.17) is 5.11 Å². The zero-order valence-corrected chi connectivity index (χ0v) is 11.5. The highest BCUT2D eigenvalue weighted by atomic mass is 16.4. The first kappa shape index (κ1) is 15.2. The van der Waals surface area contributed by atoms with Crippen LogP contribution in [0.15, 0.2) is 30.3 Å². The molecule has 5 heteroatoms. The molecule has 19 heavy (non-hydrogen) atoms. The maximum atomic E-state index is 12.0. The first-order chi connectivity index (χ1) is 8.91. The summed E-state index contributed by atoms with van der Waals surface area (Å²) in [5, 5.41) is 8.83. The molecule has 1 unspecified atom stereocenters. The Balaban J connectivity index is 2.53. The molecule has 5 nitrogen and oxygen atoms in total. The van der Waals surface area contributed by atoms with Crippen LogP contribution in [0.5, 0.6) is 0 Å². The van der Waals surface area contributed by atoms with Gasteiger partial charge in [-0.1, -0.05) is 25.1 Å². The summed E-state index contributed by atoms with van der Waals surface area (Å²) in [6.07, 6.45) is 0. The van der Waals surface area contributed by atoms with Crippen LogP contribution in [0.1, 0.15) is 6.92 Å². The summed E-state index contributed by atoms with van der Waals surface area (Å²) < 4.78 is 0. The van der Waals surface area contributed by atoms with Gasteiger partial charge in [0.05, 0.1) is 12.5 Å².